The monoisotopic (exact) mass is 1060 g/mol. The van der Waals surface area contributed by atoms with E-state index in [2.05, 4.69) is 42.5 Å². The van der Waals surface area contributed by atoms with Gasteiger partial charge in [0.2, 0.25) is 53.2 Å². The molecular formula is C44H63N12O19. The third-order valence-corrected chi connectivity index (χ3v) is 11.0. The van der Waals surface area contributed by atoms with E-state index in [0.29, 0.717) is 0 Å². The molecule has 1 fully saturated rings. The smallest absolute Gasteiger partial charge is 0.329 e. The van der Waals surface area contributed by atoms with Crippen molar-refractivity contribution in [2.24, 2.45) is 5.92 Å². The number of carbonyl (C=O) groups excluding carboxylic acids is 11. The van der Waals surface area contributed by atoms with Crippen LogP contribution in [0.15, 0.2) is 24.3 Å². The zero-order chi connectivity index (χ0) is 56.7. The van der Waals surface area contributed by atoms with Crippen LogP contribution in [-0.2, 0) is 67.1 Å². The Hall–Kier alpha value is -8.32. The second-order valence-corrected chi connectivity index (χ2v) is 17.1. The summed E-state index contributed by atoms with van der Waals surface area (Å²) in [4.78, 5) is 183. The first-order chi connectivity index (χ1) is 35.2. The molecule has 17 N–H and O–H groups in total. The minimum atomic E-state index is -2.03. The van der Waals surface area contributed by atoms with Gasteiger partial charge in [0.1, 0.15) is 54.4 Å². The number of anilines is 1. The summed E-state index contributed by atoms with van der Waals surface area (Å²) in [5.41, 5.74) is 14.2. The maximum Gasteiger partial charge on any atom is 0.329 e. The van der Waals surface area contributed by atoms with Crippen molar-refractivity contribution in [2.75, 3.05) is 39.0 Å². The molecule has 0 spiro atoms. The number of benzene rings is 1. The molecule has 1 aromatic carbocycles. The summed E-state index contributed by atoms with van der Waals surface area (Å²) in [6.45, 7) is 0.406. The molecule has 0 aliphatic carbocycles. The highest BCUT2D eigenvalue weighted by Gasteiger charge is 2.38. The summed E-state index contributed by atoms with van der Waals surface area (Å²) in [5.74, 6) is -19.5. The van der Waals surface area contributed by atoms with Gasteiger partial charge in [-0.3, -0.25) is 62.3 Å². The van der Waals surface area contributed by atoms with Crippen molar-refractivity contribution < 1.29 is 92.3 Å². The second-order valence-electron chi connectivity index (χ2n) is 17.1. The van der Waals surface area contributed by atoms with Gasteiger partial charge in [-0.05, 0) is 58.3 Å². The largest absolute Gasteiger partial charge is 0.481 e. The van der Waals surface area contributed by atoms with Gasteiger partial charge in [0.05, 0.1) is 39.0 Å². The van der Waals surface area contributed by atoms with Crippen molar-refractivity contribution in [2.45, 2.75) is 114 Å². The van der Waals surface area contributed by atoms with Crippen molar-refractivity contribution >= 4 is 88.5 Å². The molecule has 0 aromatic heterocycles. The number of para-hydroxylation sites is 1. The molecule has 1 heterocycles. The summed E-state index contributed by atoms with van der Waals surface area (Å²) >= 11 is 0. The average Bonchev–Trinajstić information content (AvgIpc) is 3.33. The van der Waals surface area contributed by atoms with Gasteiger partial charge in [0, 0.05) is 17.7 Å². The predicted octanol–water partition coefficient (Wildman–Crippen LogP) is -6.86. The first kappa shape index (κ1) is 62.8. The number of nitrogen functional groups attached to an aromatic ring is 1. The molecule has 413 valence electrons. The van der Waals surface area contributed by atoms with E-state index < -0.39 is 189 Å². The van der Waals surface area contributed by atoms with Crippen LogP contribution in [0.4, 0.5) is 5.69 Å². The molecule has 0 saturated carbocycles. The lowest BCUT2D eigenvalue weighted by molar-refractivity contribution is -0.155. The number of aliphatic hydroxyl groups is 1. The number of carboxylic acid groups (broad SMARTS) is 3. The lowest BCUT2D eigenvalue weighted by atomic mass is 9.96. The van der Waals surface area contributed by atoms with E-state index >= 15 is 0 Å². The number of esters is 1. The molecular weight excluding hydrogens is 1000 g/mol. The van der Waals surface area contributed by atoms with Crippen molar-refractivity contribution in [3.63, 3.8) is 0 Å². The number of Topliss-reactive ketones (excluding diaryl/α,β-unsaturated/α-hetero) is 1. The fourth-order valence-electron chi connectivity index (χ4n) is 6.88. The Balaban J connectivity index is 2.66. The lowest BCUT2D eigenvalue weighted by Gasteiger charge is -2.28. The maximum absolute atomic E-state index is 14.0. The summed E-state index contributed by atoms with van der Waals surface area (Å²) in [7, 11) is 1.57. The van der Waals surface area contributed by atoms with E-state index in [1.165, 1.54) is 31.2 Å². The third kappa shape index (κ3) is 21.4. The van der Waals surface area contributed by atoms with Gasteiger partial charge in [0.25, 0.3) is 0 Å². The number of nitrogens with one attached hydrogen (secondary N) is 11. The Labute approximate surface area is 427 Å². The van der Waals surface area contributed by atoms with Crippen molar-refractivity contribution in [3.8, 4) is 0 Å². The summed E-state index contributed by atoms with van der Waals surface area (Å²) in [6, 6.07) is -9.43. The molecule has 1 aliphatic heterocycles. The fourth-order valence-corrected chi connectivity index (χ4v) is 6.88. The van der Waals surface area contributed by atoms with E-state index in [4.69, 9.17) is 16.2 Å². The molecule has 2 rings (SSSR count). The van der Waals surface area contributed by atoms with Crippen molar-refractivity contribution in [1.82, 2.24) is 58.9 Å². The second kappa shape index (κ2) is 30.7. The number of carboxylic acids is 3. The number of carbonyl (C=O) groups is 14. The molecule has 1 saturated heterocycles. The molecule has 1 aliphatic rings. The van der Waals surface area contributed by atoms with Crippen LogP contribution in [0.25, 0.3) is 0 Å². The molecule has 10 unspecified atom stereocenters. The Morgan fingerprint density at radius 3 is 1.75 bits per heavy atom. The number of hydrogen-bond acceptors (Lipinski definition) is 18. The van der Waals surface area contributed by atoms with Crippen LogP contribution in [0.5, 0.6) is 0 Å². The Kier molecular flexibility index (Phi) is 25.7. The van der Waals surface area contributed by atoms with Crippen LogP contribution >= 0.6 is 0 Å². The molecule has 0 bridgehead atoms. The number of aliphatic hydroxyl groups excluding tert-OH is 1. The molecule has 1 aromatic rings. The number of ketones is 1. The van der Waals surface area contributed by atoms with Crippen LogP contribution in [0.1, 0.15) is 69.7 Å². The number of cyclic esters (lactones) is 1. The highest BCUT2D eigenvalue weighted by Crippen LogP contribution is 2.17. The van der Waals surface area contributed by atoms with Crippen molar-refractivity contribution in [1.29, 1.82) is 0 Å². The van der Waals surface area contributed by atoms with E-state index in [1.807, 2.05) is 10.6 Å². The van der Waals surface area contributed by atoms with Crippen LogP contribution in [-0.4, -0.2) is 191 Å². The average molecular weight is 1060 g/mol. The lowest BCUT2D eigenvalue weighted by Crippen LogP contribution is -2.60. The van der Waals surface area contributed by atoms with E-state index in [-0.39, 0.29) is 30.6 Å². The zero-order valence-electron chi connectivity index (χ0n) is 41.1. The predicted molar refractivity (Wildman–Crippen MR) is 254 cm³/mol. The first-order valence-electron chi connectivity index (χ1n) is 23.0. The SMILES string of the molecule is CNCCCC1NC(=O)CNC(=O)C([NH])C(C)OC(=O)C(CC(=O)c2ccccc2N)NC(=O)C(C(C)CC(=O)O)NC(=O)C(CO)NC(=O)CNC(=O)C(CC(=O)O)NC(=O)C(C)NC(=O)C(CC(=O)O)NC1=O. The summed E-state index contributed by atoms with van der Waals surface area (Å²) in [5, 5.41) is 60.8. The van der Waals surface area contributed by atoms with Gasteiger partial charge in [0.15, 0.2) is 5.78 Å². The van der Waals surface area contributed by atoms with Crippen LogP contribution < -0.4 is 64.6 Å². The normalized spacial score (nSPS) is 25.3. The van der Waals surface area contributed by atoms with Gasteiger partial charge in [-0.2, -0.15) is 0 Å². The van der Waals surface area contributed by atoms with E-state index in [1.54, 1.807) is 7.05 Å². The molecule has 9 amide bonds. The number of hydrogen-bond donors (Lipinski definition) is 15. The molecule has 31 nitrogen and oxygen atoms in total. The number of ether oxygens (including phenoxy) is 1. The van der Waals surface area contributed by atoms with Gasteiger partial charge in [-0.25, -0.2) is 10.5 Å². The van der Waals surface area contributed by atoms with Crippen molar-refractivity contribution in [3.05, 3.63) is 29.8 Å². The molecule has 31 heteroatoms. The quantitative estimate of drug-likeness (QED) is 0.0336. The van der Waals surface area contributed by atoms with Gasteiger partial charge in [-0.1, -0.05) is 19.1 Å². The zero-order valence-corrected chi connectivity index (χ0v) is 41.1. The van der Waals surface area contributed by atoms with E-state index in [0.717, 1.165) is 13.8 Å². The number of nitrogens with two attached hydrogens (primary N) is 1. The standard InChI is InChI=1S/C44H63N12O19/c1-19(12-32(61)62)36-43(73)55-27(13-29(58)22-8-5-6-9-23(22)45)44(74)75-21(3)35(46)42(72)49-17-30(59)51-24(10-7-11-47-4)39(69)54-26(15-34(65)66)40(70)50-20(2)37(67)53-25(14-33(63)64)38(68)48-16-31(60)52-28(18-57)41(71)56-36/h5-6,8-9,19-21,24-28,35-36,46-47,57H,7,10-18,45H2,1-4H3,(H,48,68)(H,49,72)(H,50,70)(H,51,59)(H,52,60)(H,53,67)(H,54,69)(H,55,73)(H,56,71)(H,61,62)(H,63,64)(H,65,66). The highest BCUT2D eigenvalue weighted by molar-refractivity contribution is 6.04. The number of amides is 9. The Bertz CT molecular complexity index is 2320. The Morgan fingerprint density at radius 2 is 1.19 bits per heavy atom. The summed E-state index contributed by atoms with van der Waals surface area (Å²) < 4.78 is 5.33. The van der Waals surface area contributed by atoms with Crippen LogP contribution in [0, 0.1) is 5.92 Å². The van der Waals surface area contributed by atoms with Gasteiger partial charge < -0.3 is 84.1 Å². The molecule has 1 radical (unpaired) electrons. The third-order valence-electron chi connectivity index (χ3n) is 11.0. The first-order valence-corrected chi connectivity index (χ1v) is 23.0. The minimum absolute atomic E-state index is 0.0519. The number of aliphatic carboxylic acids is 3. The minimum Gasteiger partial charge on any atom is -0.481 e. The van der Waals surface area contributed by atoms with E-state index in [9.17, 15) is 87.5 Å². The fraction of sp³-hybridized carbons (Fsp3) is 0.545. The molecule has 75 heavy (non-hydrogen) atoms. The van der Waals surface area contributed by atoms with Gasteiger partial charge >= 0.3 is 23.9 Å². The maximum atomic E-state index is 14.0. The topological polar surface area (TPSA) is 499 Å². The highest BCUT2D eigenvalue weighted by atomic mass is 16.5. The Morgan fingerprint density at radius 1 is 0.667 bits per heavy atom. The van der Waals surface area contributed by atoms with Crippen LogP contribution in [0.2, 0.25) is 0 Å². The van der Waals surface area contributed by atoms with Gasteiger partial charge in [-0.15, -0.1) is 0 Å². The molecule has 10 atom stereocenters. The number of rotatable bonds is 15. The summed E-state index contributed by atoms with van der Waals surface area (Å²) in [6.07, 6.45) is -5.58. The van der Waals surface area contributed by atoms with Crippen LogP contribution in [0.3, 0.4) is 0 Å².